The molecule has 0 spiro atoms. The van der Waals surface area contributed by atoms with Gasteiger partial charge in [-0.25, -0.2) is 0 Å². The molecule has 10 rings (SSSR count). The summed E-state index contributed by atoms with van der Waals surface area (Å²) in [5, 5.41) is 10.4. The molecule has 0 atom stereocenters. The van der Waals surface area contributed by atoms with Crippen molar-refractivity contribution in [1.29, 1.82) is 0 Å². The van der Waals surface area contributed by atoms with Crippen LogP contribution in [0.2, 0.25) is 0 Å². The molecule has 0 aliphatic carbocycles. The van der Waals surface area contributed by atoms with Gasteiger partial charge in [-0.05, 0) is 103 Å². The number of aromatic nitrogens is 1. The summed E-state index contributed by atoms with van der Waals surface area (Å²) >= 11 is 0. The van der Waals surface area contributed by atoms with Crippen LogP contribution < -0.4 is 0 Å². The Morgan fingerprint density at radius 2 is 0.980 bits per heavy atom. The van der Waals surface area contributed by atoms with Crippen molar-refractivity contribution in [2.45, 2.75) is 12.8 Å². The van der Waals surface area contributed by atoms with Crippen LogP contribution in [0.15, 0.2) is 188 Å². The van der Waals surface area contributed by atoms with Crippen LogP contribution in [0.4, 0.5) is 0 Å². The van der Waals surface area contributed by atoms with Crippen LogP contribution in [0.1, 0.15) is 11.1 Å². The van der Waals surface area contributed by atoms with Crippen molar-refractivity contribution in [2.75, 3.05) is 0 Å². The summed E-state index contributed by atoms with van der Waals surface area (Å²) in [5.41, 5.74) is 11.6. The Labute approximate surface area is 297 Å². The summed E-state index contributed by atoms with van der Waals surface area (Å²) in [4.78, 5) is 0. The summed E-state index contributed by atoms with van der Waals surface area (Å²) in [6.07, 6.45) is 1.87. The molecule has 1 heterocycles. The van der Waals surface area contributed by atoms with Gasteiger partial charge in [0.1, 0.15) is 0 Å². The van der Waals surface area contributed by atoms with E-state index in [4.69, 9.17) is 0 Å². The average Bonchev–Trinajstić information content (AvgIpc) is 3.55. The largest absolute Gasteiger partial charge is 0.309 e. The number of para-hydroxylation sites is 3. The molecule has 51 heavy (non-hydrogen) atoms. The second-order valence-corrected chi connectivity index (χ2v) is 13.6. The van der Waals surface area contributed by atoms with Gasteiger partial charge in [0.05, 0.1) is 11.0 Å². The first-order valence-electron chi connectivity index (χ1n) is 17.9. The van der Waals surface area contributed by atoms with Gasteiger partial charge in [-0.15, -0.1) is 0 Å². The third-order valence-electron chi connectivity index (χ3n) is 10.7. The fourth-order valence-electron chi connectivity index (χ4n) is 8.48. The first-order chi connectivity index (χ1) is 25.3. The molecule has 1 nitrogen and oxygen atoms in total. The molecule has 0 saturated heterocycles. The molecule has 240 valence electrons. The maximum atomic E-state index is 2.46. The van der Waals surface area contributed by atoms with Crippen molar-refractivity contribution in [2.24, 2.45) is 0 Å². The van der Waals surface area contributed by atoms with Crippen LogP contribution in [-0.4, -0.2) is 4.57 Å². The molecule has 0 bridgehead atoms. The molecule has 1 aromatic heterocycles. The van der Waals surface area contributed by atoms with E-state index in [0.717, 1.165) is 12.8 Å². The molecule has 0 radical (unpaired) electrons. The minimum atomic E-state index is 0.933. The fraction of sp³-hybridized carbons (Fsp3) is 0.0400. The predicted molar refractivity (Wildman–Crippen MR) is 218 cm³/mol. The molecule has 0 unspecified atom stereocenters. The molecule has 0 fully saturated rings. The zero-order valence-electron chi connectivity index (χ0n) is 28.3. The molecule has 0 saturated carbocycles. The third-order valence-corrected chi connectivity index (χ3v) is 10.7. The summed E-state index contributed by atoms with van der Waals surface area (Å²) in [5.74, 6) is 0. The van der Waals surface area contributed by atoms with Crippen LogP contribution in [0, 0.1) is 0 Å². The van der Waals surface area contributed by atoms with E-state index in [1.807, 2.05) is 0 Å². The topological polar surface area (TPSA) is 4.93 Å². The Balaban J connectivity index is 1.16. The molecule has 0 N–H and O–H groups in total. The zero-order valence-corrected chi connectivity index (χ0v) is 28.3. The predicted octanol–water partition coefficient (Wildman–Crippen LogP) is 13.4. The number of hydrogen-bond donors (Lipinski definition) is 0. The number of rotatable bonds is 6. The molecular formula is C50H35N. The molecule has 0 amide bonds. The highest BCUT2D eigenvalue weighted by atomic mass is 15.0. The zero-order chi connectivity index (χ0) is 33.7. The van der Waals surface area contributed by atoms with Crippen molar-refractivity contribution < 1.29 is 0 Å². The van der Waals surface area contributed by atoms with E-state index in [9.17, 15) is 0 Å². The van der Waals surface area contributed by atoms with Gasteiger partial charge < -0.3 is 4.57 Å². The van der Waals surface area contributed by atoms with Gasteiger partial charge in [0.15, 0.2) is 0 Å². The van der Waals surface area contributed by atoms with Gasteiger partial charge in [-0.3, -0.25) is 0 Å². The lowest BCUT2D eigenvalue weighted by Gasteiger charge is -2.19. The molecule has 0 aliphatic heterocycles. The Kier molecular flexibility index (Phi) is 7.03. The Morgan fingerprint density at radius 1 is 0.373 bits per heavy atom. The number of hydrogen-bond acceptors (Lipinski definition) is 0. The van der Waals surface area contributed by atoms with E-state index < -0.39 is 0 Å². The lowest BCUT2D eigenvalue weighted by Crippen LogP contribution is -2.00. The second-order valence-electron chi connectivity index (χ2n) is 13.6. The Bertz CT molecular complexity index is 2840. The van der Waals surface area contributed by atoms with Gasteiger partial charge in [-0.1, -0.05) is 164 Å². The minimum absolute atomic E-state index is 0.933. The number of aryl methyl sites for hydroxylation is 2. The molecular weight excluding hydrogens is 615 g/mol. The summed E-state index contributed by atoms with van der Waals surface area (Å²) in [6, 6.07) is 69.0. The van der Waals surface area contributed by atoms with E-state index in [1.165, 1.54) is 93.2 Å². The maximum Gasteiger partial charge on any atom is 0.0573 e. The maximum absolute atomic E-state index is 2.46. The average molecular weight is 650 g/mol. The quantitative estimate of drug-likeness (QED) is 0.158. The highest BCUT2D eigenvalue weighted by Crippen LogP contribution is 2.43. The van der Waals surface area contributed by atoms with Gasteiger partial charge in [0, 0.05) is 16.5 Å². The van der Waals surface area contributed by atoms with Gasteiger partial charge in [-0.2, -0.15) is 0 Å². The van der Waals surface area contributed by atoms with E-state index in [1.54, 1.807) is 0 Å². The first-order valence-corrected chi connectivity index (χ1v) is 17.9. The van der Waals surface area contributed by atoms with Crippen molar-refractivity contribution in [3.63, 3.8) is 0 Å². The van der Waals surface area contributed by atoms with E-state index in [2.05, 4.69) is 193 Å². The van der Waals surface area contributed by atoms with Crippen LogP contribution in [0.5, 0.6) is 0 Å². The van der Waals surface area contributed by atoms with Crippen LogP contribution in [0.3, 0.4) is 0 Å². The third kappa shape index (κ3) is 4.85. The number of fused-ring (bicyclic) bond motifs is 6. The van der Waals surface area contributed by atoms with Gasteiger partial charge in [0.2, 0.25) is 0 Å². The van der Waals surface area contributed by atoms with E-state index >= 15 is 0 Å². The molecule has 1 heteroatoms. The second kappa shape index (κ2) is 12.2. The lowest BCUT2D eigenvalue weighted by molar-refractivity contribution is 0.976. The van der Waals surface area contributed by atoms with E-state index in [-0.39, 0.29) is 0 Å². The standard InChI is InChI=1S/C50H35N/c1-3-15-34(16-4-1)37-30-29-35-17-13-26-45(47(35)33-37)49-43-24-9-7-21-39(43)41(40-22-8-10-25-44(40)49)32-31-36-18-14-27-46-42-23-11-12-28-48(42)51(50(36)46)38-19-5-2-6-20-38/h1-30,33H,31-32H2. The number of nitrogens with zero attached hydrogens (tertiary/aromatic N) is 1. The van der Waals surface area contributed by atoms with Crippen molar-refractivity contribution in [3.8, 4) is 27.9 Å². The van der Waals surface area contributed by atoms with Crippen molar-refractivity contribution in [1.82, 2.24) is 4.57 Å². The summed E-state index contributed by atoms with van der Waals surface area (Å²) in [6.45, 7) is 0. The number of benzene rings is 9. The molecule has 0 aliphatic rings. The Morgan fingerprint density at radius 3 is 1.73 bits per heavy atom. The lowest BCUT2D eigenvalue weighted by atomic mass is 9.84. The fourth-order valence-corrected chi connectivity index (χ4v) is 8.48. The summed E-state index contributed by atoms with van der Waals surface area (Å²) < 4.78 is 2.46. The van der Waals surface area contributed by atoms with Crippen LogP contribution in [-0.2, 0) is 12.8 Å². The molecule has 9 aromatic carbocycles. The highest BCUT2D eigenvalue weighted by molar-refractivity contribution is 6.19. The van der Waals surface area contributed by atoms with Gasteiger partial charge in [0.25, 0.3) is 0 Å². The van der Waals surface area contributed by atoms with Crippen molar-refractivity contribution in [3.05, 3.63) is 199 Å². The monoisotopic (exact) mass is 649 g/mol. The summed E-state index contributed by atoms with van der Waals surface area (Å²) in [7, 11) is 0. The van der Waals surface area contributed by atoms with E-state index in [0.29, 0.717) is 0 Å². The van der Waals surface area contributed by atoms with Gasteiger partial charge >= 0.3 is 0 Å². The highest BCUT2D eigenvalue weighted by Gasteiger charge is 2.19. The normalized spacial score (nSPS) is 11.7. The minimum Gasteiger partial charge on any atom is -0.309 e. The smallest absolute Gasteiger partial charge is 0.0573 e. The Hall–Kier alpha value is -6.44. The van der Waals surface area contributed by atoms with Crippen LogP contribution in [0.25, 0.3) is 82.1 Å². The van der Waals surface area contributed by atoms with Crippen LogP contribution >= 0.6 is 0 Å². The van der Waals surface area contributed by atoms with Crippen molar-refractivity contribution >= 4 is 54.1 Å². The SMILES string of the molecule is c1ccc(-c2ccc3cccc(-c4c5ccccc5c(CCc5cccc6c7ccccc7n(-c7ccccc7)c56)c5ccccc45)c3c2)cc1. The molecule has 10 aromatic rings. The first kappa shape index (κ1) is 29.5.